The Morgan fingerprint density at radius 2 is 1.84 bits per heavy atom. The van der Waals surface area contributed by atoms with Gasteiger partial charge in [-0.3, -0.25) is 0 Å². The van der Waals surface area contributed by atoms with Gasteiger partial charge in [-0.2, -0.15) is 0 Å². The quantitative estimate of drug-likeness (QED) is 0.341. The Kier molecular flexibility index (Phi) is 7.57. The van der Waals surface area contributed by atoms with Crippen molar-refractivity contribution in [3.8, 4) is 0 Å². The fourth-order valence-corrected chi connectivity index (χ4v) is 4.76. The van der Waals surface area contributed by atoms with Gasteiger partial charge in [0.25, 0.3) is 0 Å². The Morgan fingerprint density at radius 3 is 2.53 bits per heavy atom. The summed E-state index contributed by atoms with van der Waals surface area (Å²) >= 11 is 0. The number of hydrogen-bond acceptors (Lipinski definition) is 3. The molecule has 2 aromatic rings. The Morgan fingerprint density at radius 1 is 0.969 bits per heavy atom. The highest BCUT2D eigenvalue weighted by Gasteiger charge is 2.23. The van der Waals surface area contributed by atoms with Crippen LogP contribution in [-0.2, 0) is 12.8 Å². The van der Waals surface area contributed by atoms with Gasteiger partial charge in [-0.1, -0.05) is 57.7 Å². The third kappa shape index (κ3) is 5.20. The number of aryl methyl sites for hydroxylation is 2. The van der Waals surface area contributed by atoms with Gasteiger partial charge >= 0.3 is 0 Å². The topological polar surface area (TPSA) is 36.1 Å². The summed E-state index contributed by atoms with van der Waals surface area (Å²) in [5, 5.41) is 3.75. The van der Waals surface area contributed by atoms with Crippen LogP contribution in [0.5, 0.6) is 0 Å². The van der Waals surface area contributed by atoms with Crippen molar-refractivity contribution < 1.29 is 0 Å². The number of allylic oxidation sites excluding steroid dienone is 3. The van der Waals surface area contributed by atoms with Crippen molar-refractivity contribution in [3.05, 3.63) is 76.5 Å². The molecule has 1 aliphatic carbocycles. The van der Waals surface area contributed by atoms with Crippen LogP contribution < -0.4 is 16.2 Å². The number of hydrogen-bond donors (Lipinski definition) is 3. The van der Waals surface area contributed by atoms with E-state index in [1.807, 2.05) is 0 Å². The minimum absolute atomic E-state index is 0.705. The van der Waals surface area contributed by atoms with Crippen LogP contribution in [0.25, 0.3) is 5.70 Å². The van der Waals surface area contributed by atoms with Gasteiger partial charge in [-0.15, -0.1) is 0 Å². The molecule has 0 bridgehead atoms. The number of rotatable bonds is 10. The molecule has 1 fully saturated rings. The lowest BCUT2D eigenvalue weighted by atomic mass is 9.82. The highest BCUT2D eigenvalue weighted by molar-refractivity contribution is 5.74. The third-order valence-electron chi connectivity index (χ3n) is 7.06. The van der Waals surface area contributed by atoms with E-state index < -0.39 is 0 Å². The molecule has 0 spiro atoms. The molecule has 3 N–H and O–H groups in total. The largest absolute Gasteiger partial charge is 0.355 e. The lowest BCUT2D eigenvalue weighted by molar-refractivity contribution is 0.344. The Balaban J connectivity index is 1.54. The van der Waals surface area contributed by atoms with Crippen LogP contribution in [0.1, 0.15) is 81.0 Å². The molecule has 3 heteroatoms. The van der Waals surface area contributed by atoms with Crippen LogP contribution in [0.2, 0.25) is 0 Å². The van der Waals surface area contributed by atoms with Crippen LogP contribution >= 0.6 is 0 Å². The molecule has 32 heavy (non-hydrogen) atoms. The summed E-state index contributed by atoms with van der Waals surface area (Å²) in [4.78, 5) is 0. The van der Waals surface area contributed by atoms with Crippen LogP contribution in [-0.4, -0.2) is 0 Å². The standard InChI is InChI=1S/C29H39N3/c1-4-6-7-8-14-25-22(5-2)11-10-15-28(25)30-24-17-16-21(3)26(20-24)29-19-18-27(31-32-29)23-12-9-13-23/h10-11,15-20,23,30-32H,4-9,12-14H2,1-3H3. The lowest BCUT2D eigenvalue weighted by Gasteiger charge is -2.31. The molecule has 2 aliphatic rings. The first-order chi connectivity index (χ1) is 15.7. The zero-order chi connectivity index (χ0) is 22.3. The van der Waals surface area contributed by atoms with Gasteiger partial charge in [0.2, 0.25) is 0 Å². The van der Waals surface area contributed by atoms with E-state index >= 15 is 0 Å². The molecule has 0 amide bonds. The number of nitrogens with one attached hydrogen (secondary N) is 3. The minimum atomic E-state index is 0.705. The van der Waals surface area contributed by atoms with Crippen molar-refractivity contribution in [2.24, 2.45) is 5.92 Å². The van der Waals surface area contributed by atoms with Crippen LogP contribution in [0.4, 0.5) is 11.4 Å². The maximum Gasteiger partial charge on any atom is 0.0616 e. The molecule has 0 radical (unpaired) electrons. The molecular weight excluding hydrogens is 390 g/mol. The molecule has 0 saturated heterocycles. The predicted molar refractivity (Wildman–Crippen MR) is 138 cm³/mol. The first-order valence-corrected chi connectivity index (χ1v) is 12.6. The fraction of sp³-hybridized carbons (Fsp3) is 0.448. The van der Waals surface area contributed by atoms with Gasteiger partial charge in [-0.05, 0) is 86.1 Å². The zero-order valence-electron chi connectivity index (χ0n) is 20.1. The summed E-state index contributed by atoms with van der Waals surface area (Å²) in [5.41, 5.74) is 17.2. The molecule has 1 saturated carbocycles. The van der Waals surface area contributed by atoms with Crippen molar-refractivity contribution >= 4 is 17.1 Å². The number of benzene rings is 2. The number of anilines is 2. The molecule has 2 aromatic carbocycles. The van der Waals surface area contributed by atoms with E-state index in [1.54, 1.807) is 0 Å². The minimum Gasteiger partial charge on any atom is -0.355 e. The normalized spacial score (nSPS) is 15.8. The Bertz CT molecular complexity index is 982. The summed E-state index contributed by atoms with van der Waals surface area (Å²) in [6.45, 7) is 6.72. The molecule has 0 aromatic heterocycles. The first-order valence-electron chi connectivity index (χ1n) is 12.6. The summed E-state index contributed by atoms with van der Waals surface area (Å²) in [7, 11) is 0. The maximum absolute atomic E-state index is 3.75. The van der Waals surface area contributed by atoms with Gasteiger partial charge < -0.3 is 16.2 Å². The smallest absolute Gasteiger partial charge is 0.0616 e. The van der Waals surface area contributed by atoms with E-state index in [4.69, 9.17) is 0 Å². The van der Waals surface area contributed by atoms with E-state index in [0.717, 1.165) is 24.2 Å². The van der Waals surface area contributed by atoms with E-state index in [2.05, 4.69) is 85.5 Å². The van der Waals surface area contributed by atoms with E-state index in [1.165, 1.54) is 78.6 Å². The van der Waals surface area contributed by atoms with Crippen molar-refractivity contribution in [3.63, 3.8) is 0 Å². The molecule has 170 valence electrons. The van der Waals surface area contributed by atoms with Crippen LogP contribution in [0, 0.1) is 12.8 Å². The van der Waals surface area contributed by atoms with Gasteiger partial charge in [0, 0.05) is 28.6 Å². The molecule has 1 aliphatic heterocycles. The predicted octanol–water partition coefficient (Wildman–Crippen LogP) is 7.56. The van der Waals surface area contributed by atoms with Crippen LogP contribution in [0.3, 0.4) is 0 Å². The number of hydrazine groups is 1. The molecular formula is C29H39N3. The van der Waals surface area contributed by atoms with E-state index in [9.17, 15) is 0 Å². The maximum atomic E-state index is 3.75. The SMILES string of the molecule is CCCCCCc1c(CC)cccc1Nc1ccc(C)c(C2=CC=C(C3CCC3)NN2)c1. The molecule has 0 unspecified atom stereocenters. The molecule has 3 nitrogen and oxygen atoms in total. The fourth-order valence-electron chi connectivity index (χ4n) is 4.76. The number of unbranched alkanes of at least 4 members (excludes halogenated alkanes) is 3. The average Bonchev–Trinajstić information content (AvgIpc) is 2.78. The summed E-state index contributed by atoms with van der Waals surface area (Å²) in [6, 6.07) is 13.4. The first kappa shape index (κ1) is 22.5. The third-order valence-corrected chi connectivity index (χ3v) is 7.06. The molecule has 1 heterocycles. The van der Waals surface area contributed by atoms with Crippen molar-refractivity contribution in [1.29, 1.82) is 0 Å². The second-order valence-electron chi connectivity index (χ2n) is 9.34. The Hall–Kier alpha value is -2.68. The van der Waals surface area contributed by atoms with Crippen molar-refractivity contribution in [1.82, 2.24) is 10.9 Å². The van der Waals surface area contributed by atoms with Gasteiger partial charge in [-0.25, -0.2) is 0 Å². The van der Waals surface area contributed by atoms with Crippen molar-refractivity contribution in [2.45, 2.75) is 78.6 Å². The van der Waals surface area contributed by atoms with Gasteiger partial charge in [0.1, 0.15) is 0 Å². The second-order valence-corrected chi connectivity index (χ2v) is 9.34. The summed E-state index contributed by atoms with van der Waals surface area (Å²) in [5.74, 6) is 0.705. The van der Waals surface area contributed by atoms with E-state index in [0.29, 0.717) is 5.92 Å². The van der Waals surface area contributed by atoms with E-state index in [-0.39, 0.29) is 0 Å². The highest BCUT2D eigenvalue weighted by Crippen LogP contribution is 2.34. The average molecular weight is 430 g/mol. The zero-order valence-corrected chi connectivity index (χ0v) is 20.1. The Labute approximate surface area is 194 Å². The highest BCUT2D eigenvalue weighted by atomic mass is 15.4. The van der Waals surface area contributed by atoms with Crippen LogP contribution in [0.15, 0.2) is 54.2 Å². The molecule has 4 rings (SSSR count). The summed E-state index contributed by atoms with van der Waals surface area (Å²) in [6.07, 6.45) is 15.9. The summed E-state index contributed by atoms with van der Waals surface area (Å²) < 4.78 is 0. The van der Waals surface area contributed by atoms with Gasteiger partial charge in [0.15, 0.2) is 0 Å². The van der Waals surface area contributed by atoms with Gasteiger partial charge in [0.05, 0.1) is 5.70 Å². The monoisotopic (exact) mass is 429 g/mol. The van der Waals surface area contributed by atoms with Crippen molar-refractivity contribution in [2.75, 3.05) is 5.32 Å². The lowest BCUT2D eigenvalue weighted by Crippen LogP contribution is -2.36. The molecule has 0 atom stereocenters. The second kappa shape index (κ2) is 10.8.